The predicted octanol–water partition coefficient (Wildman–Crippen LogP) is 2.32. The summed E-state index contributed by atoms with van der Waals surface area (Å²) in [5.41, 5.74) is 0. The Morgan fingerprint density at radius 3 is 2.55 bits per heavy atom. The van der Waals surface area contributed by atoms with Crippen molar-refractivity contribution in [2.24, 2.45) is 17.8 Å². The molecule has 0 radical (unpaired) electrons. The lowest BCUT2D eigenvalue weighted by Gasteiger charge is -2.42. The van der Waals surface area contributed by atoms with Gasteiger partial charge >= 0.3 is 12.0 Å². The van der Waals surface area contributed by atoms with E-state index in [2.05, 4.69) is 12.2 Å². The summed E-state index contributed by atoms with van der Waals surface area (Å²) in [6.07, 6.45) is 5.86. The maximum Gasteiger partial charge on any atom is 0.317 e. The van der Waals surface area contributed by atoms with E-state index in [1.54, 1.807) is 11.8 Å². The van der Waals surface area contributed by atoms with E-state index >= 15 is 0 Å². The first kappa shape index (κ1) is 15.1. The van der Waals surface area contributed by atoms with E-state index in [0.717, 1.165) is 12.8 Å². The summed E-state index contributed by atoms with van der Waals surface area (Å²) < 4.78 is 0. The molecular weight excluding hydrogens is 256 g/mol. The van der Waals surface area contributed by atoms with E-state index in [0.29, 0.717) is 25.0 Å². The van der Waals surface area contributed by atoms with Crippen LogP contribution in [0.5, 0.6) is 0 Å². The number of carbonyl (C=O) groups excluding carboxylic acids is 1. The van der Waals surface area contributed by atoms with E-state index in [1.165, 1.54) is 19.3 Å². The Hall–Kier alpha value is -1.26. The van der Waals surface area contributed by atoms with E-state index in [-0.39, 0.29) is 17.9 Å². The summed E-state index contributed by atoms with van der Waals surface area (Å²) in [4.78, 5) is 24.8. The Morgan fingerprint density at radius 2 is 1.95 bits per heavy atom. The topological polar surface area (TPSA) is 69.6 Å². The first-order chi connectivity index (χ1) is 9.52. The van der Waals surface area contributed by atoms with Crippen LogP contribution in [0.3, 0.4) is 0 Å². The van der Waals surface area contributed by atoms with Crippen LogP contribution in [0.1, 0.15) is 46.0 Å². The molecule has 2 N–H and O–H groups in total. The molecule has 114 valence electrons. The van der Waals surface area contributed by atoms with Gasteiger partial charge in [-0.25, -0.2) is 4.79 Å². The number of likely N-dealkylation sites (tertiary alicyclic amines) is 1. The number of carboxylic acids is 1. The minimum atomic E-state index is -0.770. The highest BCUT2D eigenvalue weighted by Gasteiger charge is 2.38. The summed E-state index contributed by atoms with van der Waals surface area (Å²) >= 11 is 0. The maximum absolute atomic E-state index is 12.2. The molecule has 2 rings (SSSR count). The Labute approximate surface area is 120 Å². The average Bonchev–Trinajstić information content (AvgIpc) is 2.37. The zero-order valence-electron chi connectivity index (χ0n) is 12.5. The molecule has 5 heteroatoms. The average molecular weight is 282 g/mol. The van der Waals surface area contributed by atoms with E-state index in [9.17, 15) is 9.59 Å². The van der Waals surface area contributed by atoms with Crippen LogP contribution in [0.15, 0.2) is 0 Å². The lowest BCUT2D eigenvalue weighted by molar-refractivity contribution is -0.144. The van der Waals surface area contributed by atoms with Gasteiger partial charge in [-0.3, -0.25) is 4.79 Å². The quantitative estimate of drug-likeness (QED) is 0.831. The van der Waals surface area contributed by atoms with Gasteiger partial charge in [-0.05, 0) is 18.8 Å². The number of nitrogens with one attached hydrogen (secondary N) is 1. The van der Waals surface area contributed by atoms with Gasteiger partial charge in [0.2, 0.25) is 0 Å². The third-order valence-corrected chi connectivity index (χ3v) is 5.04. The number of aliphatic carboxylic acids is 1. The van der Waals surface area contributed by atoms with Crippen molar-refractivity contribution < 1.29 is 14.7 Å². The van der Waals surface area contributed by atoms with Gasteiger partial charge in [0.05, 0.1) is 5.92 Å². The fourth-order valence-corrected chi connectivity index (χ4v) is 3.33. The first-order valence-corrected chi connectivity index (χ1v) is 7.81. The smallest absolute Gasteiger partial charge is 0.317 e. The van der Waals surface area contributed by atoms with Crippen molar-refractivity contribution >= 4 is 12.0 Å². The number of hydrogen-bond acceptors (Lipinski definition) is 2. The normalized spacial score (nSPS) is 28.6. The summed E-state index contributed by atoms with van der Waals surface area (Å²) in [5.74, 6) is -0.431. The highest BCUT2D eigenvalue weighted by Crippen LogP contribution is 2.28. The van der Waals surface area contributed by atoms with Crippen molar-refractivity contribution in [3.05, 3.63) is 0 Å². The maximum atomic E-state index is 12.2. The Kier molecular flexibility index (Phi) is 4.89. The van der Waals surface area contributed by atoms with Crippen LogP contribution in [0.2, 0.25) is 0 Å². The lowest BCUT2D eigenvalue weighted by Crippen LogP contribution is -2.58. The van der Waals surface area contributed by atoms with Crippen molar-refractivity contribution in [1.29, 1.82) is 0 Å². The van der Waals surface area contributed by atoms with Crippen molar-refractivity contribution in [1.82, 2.24) is 10.2 Å². The summed E-state index contributed by atoms with van der Waals surface area (Å²) in [6.45, 7) is 5.05. The minimum Gasteiger partial charge on any atom is -0.481 e. The lowest BCUT2D eigenvalue weighted by atomic mass is 9.83. The fourth-order valence-electron chi connectivity index (χ4n) is 3.33. The van der Waals surface area contributed by atoms with Gasteiger partial charge < -0.3 is 15.3 Å². The summed E-state index contributed by atoms with van der Waals surface area (Å²) in [7, 11) is 0. The van der Waals surface area contributed by atoms with Crippen molar-refractivity contribution in [3.63, 3.8) is 0 Å². The molecular formula is C15H26N2O3. The van der Waals surface area contributed by atoms with Crippen molar-refractivity contribution in [2.75, 3.05) is 13.1 Å². The molecule has 1 heterocycles. The van der Waals surface area contributed by atoms with Crippen LogP contribution in [-0.2, 0) is 4.79 Å². The molecule has 1 aliphatic carbocycles. The molecule has 3 unspecified atom stereocenters. The molecule has 0 bridgehead atoms. The van der Waals surface area contributed by atoms with Gasteiger partial charge in [-0.2, -0.15) is 0 Å². The van der Waals surface area contributed by atoms with Crippen LogP contribution < -0.4 is 5.32 Å². The standard InChI is InChI=1S/C15H26N2O3/c1-3-11-6-4-5-7-13(11)16-15(20)17-8-12(9-17)10(2)14(18)19/h10-13H,3-9H2,1-2H3,(H,16,20)(H,18,19). The summed E-state index contributed by atoms with van der Waals surface area (Å²) in [6, 6.07) is 0.293. The first-order valence-electron chi connectivity index (χ1n) is 7.81. The molecule has 20 heavy (non-hydrogen) atoms. The fraction of sp³-hybridized carbons (Fsp3) is 0.867. The van der Waals surface area contributed by atoms with Gasteiger partial charge in [-0.1, -0.05) is 33.1 Å². The molecule has 2 amide bonds. The second-order valence-electron chi connectivity index (χ2n) is 6.30. The number of hydrogen-bond donors (Lipinski definition) is 2. The van der Waals surface area contributed by atoms with E-state index < -0.39 is 5.97 Å². The number of amides is 2. The molecule has 1 saturated carbocycles. The molecule has 5 nitrogen and oxygen atoms in total. The molecule has 1 aliphatic heterocycles. The molecule has 0 aromatic carbocycles. The second kappa shape index (κ2) is 6.46. The van der Waals surface area contributed by atoms with Gasteiger partial charge in [-0.15, -0.1) is 0 Å². The minimum absolute atomic E-state index is 0.0100. The van der Waals surface area contributed by atoms with Crippen LogP contribution in [0.4, 0.5) is 4.79 Å². The molecule has 0 aromatic heterocycles. The third kappa shape index (κ3) is 3.25. The molecule has 1 saturated heterocycles. The van der Waals surface area contributed by atoms with Crippen LogP contribution in [-0.4, -0.2) is 41.1 Å². The highest BCUT2D eigenvalue weighted by molar-refractivity contribution is 5.76. The van der Waals surface area contributed by atoms with Gasteiger partial charge in [0, 0.05) is 25.0 Å². The molecule has 3 atom stereocenters. The third-order valence-electron chi connectivity index (χ3n) is 5.04. The van der Waals surface area contributed by atoms with Crippen LogP contribution in [0.25, 0.3) is 0 Å². The number of carboxylic acid groups (broad SMARTS) is 1. The van der Waals surface area contributed by atoms with Crippen molar-refractivity contribution in [3.8, 4) is 0 Å². The second-order valence-corrected chi connectivity index (χ2v) is 6.30. The Bertz CT molecular complexity index is 366. The molecule has 0 spiro atoms. The monoisotopic (exact) mass is 282 g/mol. The van der Waals surface area contributed by atoms with Crippen LogP contribution >= 0.6 is 0 Å². The van der Waals surface area contributed by atoms with Gasteiger partial charge in [0.15, 0.2) is 0 Å². The number of urea groups is 1. The Balaban J connectivity index is 1.78. The van der Waals surface area contributed by atoms with E-state index in [4.69, 9.17) is 5.11 Å². The van der Waals surface area contributed by atoms with Gasteiger partial charge in [0.25, 0.3) is 0 Å². The number of rotatable bonds is 4. The highest BCUT2D eigenvalue weighted by atomic mass is 16.4. The number of nitrogens with zero attached hydrogens (tertiary/aromatic N) is 1. The molecule has 2 fully saturated rings. The zero-order chi connectivity index (χ0) is 14.7. The van der Waals surface area contributed by atoms with E-state index in [1.807, 2.05) is 0 Å². The molecule has 0 aromatic rings. The zero-order valence-corrected chi connectivity index (χ0v) is 12.5. The van der Waals surface area contributed by atoms with Crippen LogP contribution in [0, 0.1) is 17.8 Å². The Morgan fingerprint density at radius 1 is 1.30 bits per heavy atom. The summed E-state index contributed by atoms with van der Waals surface area (Å²) in [5, 5.41) is 12.1. The predicted molar refractivity (Wildman–Crippen MR) is 76.4 cm³/mol. The van der Waals surface area contributed by atoms with Crippen molar-refractivity contribution in [2.45, 2.75) is 52.0 Å². The largest absolute Gasteiger partial charge is 0.481 e. The molecule has 2 aliphatic rings. The number of carbonyl (C=O) groups is 2. The van der Waals surface area contributed by atoms with Gasteiger partial charge in [0.1, 0.15) is 0 Å². The SMILES string of the molecule is CCC1CCCCC1NC(=O)N1CC(C(C)C(=O)O)C1.